The maximum absolute atomic E-state index is 12.1. The lowest BCUT2D eigenvalue weighted by Crippen LogP contribution is -2.23. The molecule has 0 spiro atoms. The first-order valence-corrected chi connectivity index (χ1v) is 7.34. The Kier molecular flexibility index (Phi) is 5.59. The fourth-order valence-electron chi connectivity index (χ4n) is 2.86. The number of rotatable bonds is 4. The van der Waals surface area contributed by atoms with Crippen molar-refractivity contribution in [2.24, 2.45) is 0 Å². The monoisotopic (exact) mass is 304 g/mol. The van der Waals surface area contributed by atoms with Gasteiger partial charge in [0.05, 0.1) is 0 Å². The zero-order valence-electron chi connectivity index (χ0n) is 12.0. The van der Waals surface area contributed by atoms with Crippen molar-refractivity contribution < 1.29 is 4.79 Å². The molecule has 1 heterocycles. The van der Waals surface area contributed by atoms with Gasteiger partial charge >= 0.3 is 0 Å². The molecule has 0 aliphatic carbocycles. The summed E-state index contributed by atoms with van der Waals surface area (Å²) in [7, 11) is 0. The van der Waals surface area contributed by atoms with Crippen molar-refractivity contribution in [3.8, 4) is 0 Å². The van der Waals surface area contributed by atoms with Crippen molar-refractivity contribution >= 4 is 34.8 Å². The Morgan fingerprint density at radius 1 is 1.19 bits per heavy atom. The molecular weight excluding hydrogens is 284 g/mol. The van der Waals surface area contributed by atoms with Gasteiger partial charge in [-0.1, -0.05) is 36.4 Å². The van der Waals surface area contributed by atoms with Gasteiger partial charge in [-0.05, 0) is 37.3 Å². The third-order valence-electron chi connectivity index (χ3n) is 3.95. The molecule has 1 aliphatic heterocycles. The summed E-state index contributed by atoms with van der Waals surface area (Å²) in [6.45, 7) is 1.09. The van der Waals surface area contributed by atoms with Crippen LogP contribution in [0.15, 0.2) is 42.5 Å². The van der Waals surface area contributed by atoms with Crippen molar-refractivity contribution in [1.29, 1.82) is 0 Å². The van der Waals surface area contributed by atoms with Gasteiger partial charge in [0.1, 0.15) is 0 Å². The summed E-state index contributed by atoms with van der Waals surface area (Å²) in [4.78, 5) is 12.1. The predicted molar refractivity (Wildman–Crippen MR) is 90.1 cm³/mol. The van der Waals surface area contributed by atoms with Gasteiger partial charge < -0.3 is 10.6 Å². The molecule has 1 saturated heterocycles. The van der Waals surface area contributed by atoms with Crippen molar-refractivity contribution in [2.75, 3.05) is 11.9 Å². The van der Waals surface area contributed by atoms with Gasteiger partial charge in [0.15, 0.2) is 0 Å². The van der Waals surface area contributed by atoms with E-state index in [4.69, 9.17) is 0 Å². The second-order valence-corrected chi connectivity index (χ2v) is 5.41. The molecule has 1 amide bonds. The van der Waals surface area contributed by atoms with E-state index < -0.39 is 0 Å². The molecule has 0 aromatic heterocycles. The fraction of sp³-hybridized carbons (Fsp3) is 0.353. The molecule has 2 aromatic rings. The first-order chi connectivity index (χ1) is 9.83. The van der Waals surface area contributed by atoms with Crippen LogP contribution >= 0.6 is 12.4 Å². The number of hydrogen-bond donors (Lipinski definition) is 2. The molecule has 4 heteroatoms. The minimum absolute atomic E-state index is 0. The van der Waals surface area contributed by atoms with Crippen LogP contribution in [0.4, 0.5) is 5.69 Å². The predicted octanol–water partition coefficient (Wildman–Crippen LogP) is 3.73. The first kappa shape index (κ1) is 15.8. The van der Waals surface area contributed by atoms with Gasteiger partial charge in [-0.2, -0.15) is 0 Å². The average Bonchev–Trinajstić information content (AvgIpc) is 2.99. The lowest BCUT2D eigenvalue weighted by atomic mass is 10.1. The number of halogens is 1. The molecule has 0 saturated carbocycles. The van der Waals surface area contributed by atoms with E-state index in [0.717, 1.165) is 29.4 Å². The summed E-state index contributed by atoms with van der Waals surface area (Å²) < 4.78 is 0. The largest absolute Gasteiger partial charge is 0.326 e. The molecule has 0 radical (unpaired) electrons. The van der Waals surface area contributed by atoms with Gasteiger partial charge in [-0.25, -0.2) is 0 Å². The van der Waals surface area contributed by atoms with Crippen LogP contribution in [0.5, 0.6) is 0 Å². The number of hydrogen-bond acceptors (Lipinski definition) is 2. The minimum Gasteiger partial charge on any atom is -0.326 e. The molecule has 2 aromatic carbocycles. The molecule has 21 heavy (non-hydrogen) atoms. The van der Waals surface area contributed by atoms with E-state index in [1.807, 2.05) is 30.3 Å². The minimum atomic E-state index is 0. The summed E-state index contributed by atoms with van der Waals surface area (Å²) in [5.41, 5.74) is 0.910. The molecule has 1 aliphatic rings. The van der Waals surface area contributed by atoms with Gasteiger partial charge in [0.25, 0.3) is 0 Å². The van der Waals surface area contributed by atoms with Gasteiger partial charge in [0.2, 0.25) is 5.91 Å². The third kappa shape index (κ3) is 3.96. The number of anilines is 1. The van der Waals surface area contributed by atoms with Crippen molar-refractivity contribution in [1.82, 2.24) is 5.32 Å². The van der Waals surface area contributed by atoms with Crippen molar-refractivity contribution in [3.05, 3.63) is 42.5 Å². The lowest BCUT2D eigenvalue weighted by Gasteiger charge is -2.11. The number of benzene rings is 2. The normalized spacial score (nSPS) is 17.4. The zero-order chi connectivity index (χ0) is 13.8. The highest BCUT2D eigenvalue weighted by Crippen LogP contribution is 2.23. The Morgan fingerprint density at radius 2 is 2.00 bits per heavy atom. The summed E-state index contributed by atoms with van der Waals surface area (Å²) in [6.07, 6.45) is 3.94. The second-order valence-electron chi connectivity index (χ2n) is 5.41. The molecule has 1 atom stereocenters. The Hall–Kier alpha value is -1.58. The van der Waals surface area contributed by atoms with Crippen LogP contribution in [0, 0.1) is 0 Å². The fourth-order valence-corrected chi connectivity index (χ4v) is 2.86. The van der Waals surface area contributed by atoms with Gasteiger partial charge in [-0.15, -0.1) is 12.4 Å². The molecule has 2 N–H and O–H groups in total. The van der Waals surface area contributed by atoms with Crippen LogP contribution < -0.4 is 10.6 Å². The zero-order valence-corrected chi connectivity index (χ0v) is 12.8. The van der Waals surface area contributed by atoms with E-state index in [1.165, 1.54) is 12.8 Å². The van der Waals surface area contributed by atoms with Crippen LogP contribution in [0.3, 0.4) is 0 Å². The van der Waals surface area contributed by atoms with E-state index in [2.05, 4.69) is 22.8 Å². The molecule has 112 valence electrons. The Labute approximate surface area is 131 Å². The van der Waals surface area contributed by atoms with Gasteiger partial charge in [0, 0.05) is 23.5 Å². The van der Waals surface area contributed by atoms with Crippen molar-refractivity contribution in [3.63, 3.8) is 0 Å². The highest BCUT2D eigenvalue weighted by Gasteiger charge is 2.15. The van der Waals surface area contributed by atoms with Crippen molar-refractivity contribution in [2.45, 2.75) is 31.7 Å². The van der Waals surface area contributed by atoms with E-state index in [9.17, 15) is 4.79 Å². The van der Waals surface area contributed by atoms with E-state index in [1.54, 1.807) is 0 Å². The van der Waals surface area contributed by atoms with E-state index in [-0.39, 0.29) is 18.3 Å². The van der Waals surface area contributed by atoms with Crippen LogP contribution in [-0.4, -0.2) is 18.5 Å². The Balaban J connectivity index is 0.00000161. The van der Waals surface area contributed by atoms with E-state index >= 15 is 0 Å². The number of carbonyl (C=O) groups excluding carboxylic acids is 1. The Morgan fingerprint density at radius 3 is 2.81 bits per heavy atom. The summed E-state index contributed by atoms with van der Waals surface area (Å²) in [5, 5.41) is 8.72. The Bertz CT molecular complexity index is 603. The highest BCUT2D eigenvalue weighted by molar-refractivity contribution is 6.02. The van der Waals surface area contributed by atoms with Crippen LogP contribution in [0.2, 0.25) is 0 Å². The van der Waals surface area contributed by atoms with E-state index in [0.29, 0.717) is 12.5 Å². The molecule has 1 unspecified atom stereocenters. The summed E-state index contributed by atoms with van der Waals surface area (Å²) >= 11 is 0. The molecule has 3 rings (SSSR count). The summed E-state index contributed by atoms with van der Waals surface area (Å²) in [5.74, 6) is 0.107. The third-order valence-corrected chi connectivity index (χ3v) is 3.95. The average molecular weight is 305 g/mol. The van der Waals surface area contributed by atoms with Gasteiger partial charge in [-0.3, -0.25) is 4.79 Å². The van der Waals surface area contributed by atoms with Crippen LogP contribution in [0.1, 0.15) is 25.7 Å². The smallest absolute Gasteiger partial charge is 0.224 e. The summed E-state index contributed by atoms with van der Waals surface area (Å²) in [6, 6.07) is 14.7. The highest BCUT2D eigenvalue weighted by atomic mass is 35.5. The first-order valence-electron chi connectivity index (χ1n) is 7.34. The maximum Gasteiger partial charge on any atom is 0.224 e. The maximum atomic E-state index is 12.1. The second kappa shape index (κ2) is 7.43. The SMILES string of the molecule is Cl.O=C(CCC1CCCN1)Nc1cccc2ccccc12. The topological polar surface area (TPSA) is 41.1 Å². The number of carbonyl (C=O) groups is 1. The lowest BCUT2D eigenvalue weighted by molar-refractivity contribution is -0.116. The molecular formula is C17H21ClN2O. The molecule has 3 nitrogen and oxygen atoms in total. The van der Waals surface area contributed by atoms with Crippen LogP contribution in [0.25, 0.3) is 10.8 Å². The van der Waals surface area contributed by atoms with Crippen LogP contribution in [-0.2, 0) is 4.79 Å². The quantitative estimate of drug-likeness (QED) is 0.903. The number of nitrogens with one attached hydrogen (secondary N) is 2. The standard InChI is InChI=1S/C17H20N2O.ClH/c20-17(11-10-14-7-4-12-18-14)19-16-9-3-6-13-5-1-2-8-15(13)16;/h1-3,5-6,8-9,14,18H,4,7,10-12H2,(H,19,20);1H. The number of amides is 1. The number of fused-ring (bicyclic) bond motifs is 1. The molecule has 1 fully saturated rings. The molecule has 0 bridgehead atoms.